The molecule has 1 aliphatic heterocycles. The number of carbonyl (C=O) groups excluding carboxylic acids is 1. The molecule has 0 spiro atoms. The van der Waals surface area contributed by atoms with Crippen LogP contribution in [0.25, 0.3) is 0 Å². The number of piperidine rings is 1. The highest BCUT2D eigenvalue weighted by molar-refractivity contribution is 6.35. The third kappa shape index (κ3) is 3.41. The maximum absolute atomic E-state index is 12.3. The largest absolute Gasteiger partial charge is 0.349 e. The SMILES string of the molecule is CC1(C)CNCCC1NC(=O)c1cc(Cl)ccc1Cl. The van der Waals surface area contributed by atoms with Gasteiger partial charge < -0.3 is 10.6 Å². The van der Waals surface area contributed by atoms with Crippen LogP contribution in [0.4, 0.5) is 0 Å². The van der Waals surface area contributed by atoms with Gasteiger partial charge in [-0.3, -0.25) is 4.79 Å². The van der Waals surface area contributed by atoms with Gasteiger partial charge in [-0.25, -0.2) is 0 Å². The minimum Gasteiger partial charge on any atom is -0.349 e. The van der Waals surface area contributed by atoms with Crippen LogP contribution in [0.3, 0.4) is 0 Å². The molecule has 1 fully saturated rings. The second-order valence-corrected chi connectivity index (χ2v) is 6.45. The summed E-state index contributed by atoms with van der Waals surface area (Å²) in [5.74, 6) is -0.160. The van der Waals surface area contributed by atoms with Crippen LogP contribution in [0, 0.1) is 5.41 Å². The van der Waals surface area contributed by atoms with E-state index in [9.17, 15) is 4.79 Å². The van der Waals surface area contributed by atoms with E-state index in [0.717, 1.165) is 19.5 Å². The summed E-state index contributed by atoms with van der Waals surface area (Å²) in [6, 6.07) is 5.06. The molecule has 0 aromatic heterocycles. The molecule has 0 saturated carbocycles. The minimum atomic E-state index is -0.160. The topological polar surface area (TPSA) is 41.1 Å². The molecule has 2 rings (SSSR count). The average molecular weight is 301 g/mol. The van der Waals surface area contributed by atoms with Crippen LogP contribution < -0.4 is 10.6 Å². The number of rotatable bonds is 2. The first-order chi connectivity index (χ1) is 8.90. The highest BCUT2D eigenvalue weighted by atomic mass is 35.5. The average Bonchev–Trinajstić information content (AvgIpc) is 2.34. The fourth-order valence-electron chi connectivity index (χ4n) is 2.35. The molecular weight excluding hydrogens is 283 g/mol. The van der Waals surface area contributed by atoms with Crippen molar-refractivity contribution >= 4 is 29.1 Å². The van der Waals surface area contributed by atoms with Crippen molar-refractivity contribution in [3.8, 4) is 0 Å². The van der Waals surface area contributed by atoms with Gasteiger partial charge in [0, 0.05) is 17.6 Å². The van der Waals surface area contributed by atoms with Crippen LogP contribution in [0.1, 0.15) is 30.6 Å². The lowest BCUT2D eigenvalue weighted by atomic mass is 9.80. The molecule has 5 heteroatoms. The van der Waals surface area contributed by atoms with Gasteiger partial charge in [0.05, 0.1) is 10.6 Å². The normalized spacial score (nSPS) is 22.0. The maximum Gasteiger partial charge on any atom is 0.253 e. The molecule has 0 bridgehead atoms. The van der Waals surface area contributed by atoms with Crippen molar-refractivity contribution in [2.24, 2.45) is 5.41 Å². The molecule has 3 nitrogen and oxygen atoms in total. The molecule has 1 unspecified atom stereocenters. The zero-order chi connectivity index (χ0) is 14.0. The van der Waals surface area contributed by atoms with E-state index in [1.54, 1.807) is 18.2 Å². The molecule has 104 valence electrons. The van der Waals surface area contributed by atoms with E-state index >= 15 is 0 Å². The van der Waals surface area contributed by atoms with E-state index in [-0.39, 0.29) is 17.4 Å². The van der Waals surface area contributed by atoms with Gasteiger partial charge in [-0.05, 0) is 36.6 Å². The Morgan fingerprint density at radius 2 is 2.16 bits per heavy atom. The number of hydrogen-bond acceptors (Lipinski definition) is 2. The van der Waals surface area contributed by atoms with Crippen molar-refractivity contribution in [1.82, 2.24) is 10.6 Å². The molecule has 1 heterocycles. The Morgan fingerprint density at radius 1 is 1.42 bits per heavy atom. The Labute approximate surface area is 123 Å². The van der Waals surface area contributed by atoms with Crippen molar-refractivity contribution in [3.05, 3.63) is 33.8 Å². The summed E-state index contributed by atoms with van der Waals surface area (Å²) in [6.45, 7) is 6.09. The molecule has 2 N–H and O–H groups in total. The maximum atomic E-state index is 12.3. The van der Waals surface area contributed by atoms with Crippen LogP contribution in [0.15, 0.2) is 18.2 Å². The lowest BCUT2D eigenvalue weighted by Crippen LogP contribution is -2.54. The molecule has 0 aliphatic carbocycles. The number of nitrogens with one attached hydrogen (secondary N) is 2. The molecule has 0 radical (unpaired) electrons. The third-order valence-corrected chi connectivity index (χ3v) is 4.18. The van der Waals surface area contributed by atoms with Gasteiger partial charge in [-0.1, -0.05) is 37.0 Å². The van der Waals surface area contributed by atoms with Gasteiger partial charge >= 0.3 is 0 Å². The Hall–Kier alpha value is -0.770. The Kier molecular flexibility index (Phi) is 4.39. The lowest BCUT2D eigenvalue weighted by Gasteiger charge is -2.39. The van der Waals surface area contributed by atoms with Crippen LogP contribution in [0.5, 0.6) is 0 Å². The summed E-state index contributed by atoms with van der Waals surface area (Å²) < 4.78 is 0. The predicted molar refractivity (Wildman–Crippen MR) is 79.0 cm³/mol. The van der Waals surface area contributed by atoms with Gasteiger partial charge in [-0.2, -0.15) is 0 Å². The first-order valence-corrected chi connectivity index (χ1v) is 7.12. The molecule has 19 heavy (non-hydrogen) atoms. The zero-order valence-electron chi connectivity index (χ0n) is 11.1. The number of benzene rings is 1. The van der Waals surface area contributed by atoms with Crippen LogP contribution in [-0.2, 0) is 0 Å². The Bertz CT molecular complexity index is 488. The summed E-state index contributed by atoms with van der Waals surface area (Å²) in [4.78, 5) is 12.3. The van der Waals surface area contributed by atoms with Crippen LogP contribution in [0.2, 0.25) is 10.0 Å². The van der Waals surface area contributed by atoms with Gasteiger partial charge in [0.2, 0.25) is 0 Å². The van der Waals surface area contributed by atoms with E-state index in [1.807, 2.05) is 0 Å². The highest BCUT2D eigenvalue weighted by Gasteiger charge is 2.33. The zero-order valence-corrected chi connectivity index (χ0v) is 12.6. The number of hydrogen-bond donors (Lipinski definition) is 2. The second kappa shape index (κ2) is 5.70. The summed E-state index contributed by atoms with van der Waals surface area (Å²) in [5, 5.41) is 7.35. The van der Waals surface area contributed by atoms with E-state index in [1.165, 1.54) is 0 Å². The standard InChI is InChI=1S/C14H18Cl2N2O/c1-14(2)8-17-6-5-12(14)18-13(19)10-7-9(15)3-4-11(10)16/h3-4,7,12,17H,5-6,8H2,1-2H3,(H,18,19). The fraction of sp³-hybridized carbons (Fsp3) is 0.500. The number of halogens is 2. The van der Waals surface area contributed by atoms with Gasteiger partial charge in [0.15, 0.2) is 0 Å². The molecule has 1 atom stereocenters. The molecule has 1 aliphatic rings. The van der Waals surface area contributed by atoms with Crippen molar-refractivity contribution in [3.63, 3.8) is 0 Å². The van der Waals surface area contributed by atoms with Gasteiger partial charge in [0.1, 0.15) is 0 Å². The van der Waals surface area contributed by atoms with Crippen LogP contribution in [-0.4, -0.2) is 25.0 Å². The van der Waals surface area contributed by atoms with Crippen molar-refractivity contribution in [1.29, 1.82) is 0 Å². The van der Waals surface area contributed by atoms with Gasteiger partial charge in [0.25, 0.3) is 5.91 Å². The van der Waals surface area contributed by atoms with Crippen LogP contribution >= 0.6 is 23.2 Å². The van der Waals surface area contributed by atoms with Crippen molar-refractivity contribution in [2.45, 2.75) is 26.3 Å². The third-order valence-electron chi connectivity index (χ3n) is 3.61. The monoisotopic (exact) mass is 300 g/mol. The first-order valence-electron chi connectivity index (χ1n) is 6.37. The van der Waals surface area contributed by atoms with Crippen molar-refractivity contribution in [2.75, 3.05) is 13.1 Å². The summed E-state index contributed by atoms with van der Waals surface area (Å²) >= 11 is 12.0. The summed E-state index contributed by atoms with van der Waals surface area (Å²) in [5.41, 5.74) is 0.461. The quantitative estimate of drug-likeness (QED) is 0.881. The minimum absolute atomic E-state index is 0.0267. The smallest absolute Gasteiger partial charge is 0.253 e. The van der Waals surface area contributed by atoms with E-state index in [0.29, 0.717) is 15.6 Å². The van der Waals surface area contributed by atoms with Gasteiger partial charge in [-0.15, -0.1) is 0 Å². The highest BCUT2D eigenvalue weighted by Crippen LogP contribution is 2.26. The fourth-order valence-corrected chi connectivity index (χ4v) is 2.72. The second-order valence-electron chi connectivity index (χ2n) is 5.60. The Morgan fingerprint density at radius 3 is 2.84 bits per heavy atom. The predicted octanol–water partition coefficient (Wildman–Crippen LogP) is 3.11. The molecule has 1 saturated heterocycles. The summed E-state index contributed by atoms with van der Waals surface area (Å²) in [6.07, 6.45) is 0.914. The number of amides is 1. The molecule has 1 aromatic carbocycles. The lowest BCUT2D eigenvalue weighted by molar-refractivity contribution is 0.0869. The molecule has 1 aromatic rings. The van der Waals surface area contributed by atoms with E-state index in [2.05, 4.69) is 24.5 Å². The first kappa shape index (κ1) is 14.6. The van der Waals surface area contributed by atoms with E-state index < -0.39 is 0 Å². The molecule has 1 amide bonds. The van der Waals surface area contributed by atoms with Crippen molar-refractivity contribution < 1.29 is 4.79 Å². The number of carbonyl (C=O) groups is 1. The van der Waals surface area contributed by atoms with E-state index in [4.69, 9.17) is 23.2 Å². The summed E-state index contributed by atoms with van der Waals surface area (Å²) in [7, 11) is 0. The Balaban J connectivity index is 2.14. The molecular formula is C14H18Cl2N2O.